The van der Waals surface area contributed by atoms with Crippen molar-refractivity contribution in [2.75, 3.05) is 17.1 Å². The van der Waals surface area contributed by atoms with Crippen LogP contribution in [0.4, 0.5) is 5.69 Å². The Morgan fingerprint density at radius 3 is 2.67 bits per heavy atom. The number of sulfonamides is 1. The number of carbonyl (C=O) groups is 1. The molecule has 5 nitrogen and oxygen atoms in total. The zero-order chi connectivity index (χ0) is 15.0. The minimum absolute atomic E-state index is 0.0532. The molecule has 0 saturated heterocycles. The maximum atomic E-state index is 12.2. The van der Waals surface area contributed by atoms with Crippen LogP contribution in [-0.4, -0.2) is 33.2 Å². The fourth-order valence-electron chi connectivity index (χ4n) is 3.20. The third kappa shape index (κ3) is 2.90. The van der Waals surface area contributed by atoms with Gasteiger partial charge in [-0.3, -0.25) is 9.10 Å². The lowest BCUT2D eigenvalue weighted by atomic mass is 10.1. The predicted octanol–water partition coefficient (Wildman–Crippen LogP) is 1.68. The molecular weight excluding hydrogens is 288 g/mol. The first-order valence-corrected chi connectivity index (χ1v) is 9.21. The summed E-state index contributed by atoms with van der Waals surface area (Å²) in [6.45, 7) is 0.460. The molecule has 1 amide bonds. The Kier molecular flexibility index (Phi) is 3.65. The van der Waals surface area contributed by atoms with Crippen LogP contribution in [0.2, 0.25) is 0 Å². The molecule has 1 fully saturated rings. The quantitative estimate of drug-likeness (QED) is 0.924. The second kappa shape index (κ2) is 5.33. The number of rotatable bonds is 3. The summed E-state index contributed by atoms with van der Waals surface area (Å²) in [5.74, 6) is -0.0532. The topological polar surface area (TPSA) is 66.5 Å². The van der Waals surface area contributed by atoms with Crippen LogP contribution in [0.15, 0.2) is 18.2 Å². The van der Waals surface area contributed by atoms with Crippen LogP contribution in [-0.2, 0) is 16.4 Å². The number of nitrogens with zero attached hydrogens (tertiary/aromatic N) is 1. The van der Waals surface area contributed by atoms with Crippen molar-refractivity contribution in [3.63, 3.8) is 0 Å². The summed E-state index contributed by atoms with van der Waals surface area (Å²) < 4.78 is 24.8. The third-order valence-electron chi connectivity index (χ3n) is 4.29. The number of nitrogens with one attached hydrogen (secondary N) is 1. The summed E-state index contributed by atoms with van der Waals surface area (Å²) in [6.07, 6.45) is 6.34. The fraction of sp³-hybridized carbons (Fsp3) is 0.533. The SMILES string of the molecule is CS(=O)(=O)N1CCc2cc(C(=O)NC3CCCC3)ccc21. The van der Waals surface area contributed by atoms with E-state index in [4.69, 9.17) is 0 Å². The van der Waals surface area contributed by atoms with Crippen molar-refractivity contribution in [3.8, 4) is 0 Å². The third-order valence-corrected chi connectivity index (χ3v) is 5.47. The van der Waals surface area contributed by atoms with Crippen molar-refractivity contribution in [2.24, 2.45) is 0 Å². The first-order valence-electron chi connectivity index (χ1n) is 7.36. The van der Waals surface area contributed by atoms with E-state index in [1.807, 2.05) is 6.07 Å². The van der Waals surface area contributed by atoms with Crippen molar-refractivity contribution < 1.29 is 13.2 Å². The molecule has 0 aromatic heterocycles. The zero-order valence-electron chi connectivity index (χ0n) is 12.1. The van der Waals surface area contributed by atoms with Gasteiger partial charge in [-0.05, 0) is 43.0 Å². The molecule has 6 heteroatoms. The molecule has 1 heterocycles. The monoisotopic (exact) mass is 308 g/mol. The first-order chi connectivity index (χ1) is 9.95. The average molecular weight is 308 g/mol. The summed E-state index contributed by atoms with van der Waals surface area (Å²) in [7, 11) is -3.23. The molecule has 3 rings (SSSR count). The van der Waals surface area contributed by atoms with Crippen molar-refractivity contribution in [2.45, 2.75) is 38.1 Å². The largest absolute Gasteiger partial charge is 0.349 e. The lowest BCUT2D eigenvalue weighted by Crippen LogP contribution is -2.32. The standard InChI is InChI=1S/C15H20N2O3S/c1-21(19,20)17-9-8-11-10-12(6-7-14(11)17)15(18)16-13-4-2-3-5-13/h6-7,10,13H,2-5,8-9H2,1H3,(H,16,18). The van der Waals surface area contributed by atoms with E-state index in [-0.39, 0.29) is 5.91 Å². The predicted molar refractivity (Wildman–Crippen MR) is 82.1 cm³/mol. The zero-order valence-corrected chi connectivity index (χ0v) is 12.9. The van der Waals surface area contributed by atoms with Crippen LogP contribution in [0.5, 0.6) is 0 Å². The number of fused-ring (bicyclic) bond motifs is 1. The molecule has 0 unspecified atom stereocenters. The van der Waals surface area contributed by atoms with E-state index in [0.717, 1.165) is 18.4 Å². The Labute approximate surface area is 125 Å². The highest BCUT2D eigenvalue weighted by atomic mass is 32.2. The van der Waals surface area contributed by atoms with Gasteiger partial charge in [0, 0.05) is 18.2 Å². The highest BCUT2D eigenvalue weighted by Gasteiger charge is 2.27. The van der Waals surface area contributed by atoms with Gasteiger partial charge in [-0.2, -0.15) is 0 Å². The van der Waals surface area contributed by atoms with Crippen molar-refractivity contribution in [3.05, 3.63) is 29.3 Å². The molecule has 1 aromatic carbocycles. The number of anilines is 1. The number of benzene rings is 1. The van der Waals surface area contributed by atoms with Crippen LogP contribution in [0.25, 0.3) is 0 Å². The molecule has 114 valence electrons. The Bertz CT molecular complexity index is 663. The van der Waals surface area contributed by atoms with Gasteiger partial charge in [0.05, 0.1) is 11.9 Å². The molecule has 1 aromatic rings. The molecule has 0 spiro atoms. The van der Waals surface area contributed by atoms with E-state index in [0.29, 0.717) is 30.3 Å². The van der Waals surface area contributed by atoms with Crippen LogP contribution < -0.4 is 9.62 Å². The minimum Gasteiger partial charge on any atom is -0.349 e. The molecule has 21 heavy (non-hydrogen) atoms. The molecule has 2 aliphatic rings. The molecule has 0 atom stereocenters. The number of amides is 1. The summed E-state index contributed by atoms with van der Waals surface area (Å²) in [5, 5.41) is 3.06. The second-order valence-electron chi connectivity index (χ2n) is 5.88. The van der Waals surface area contributed by atoms with E-state index in [1.54, 1.807) is 12.1 Å². The molecule has 0 bridgehead atoms. The average Bonchev–Trinajstić information content (AvgIpc) is 3.05. The van der Waals surface area contributed by atoms with Crippen molar-refractivity contribution in [1.29, 1.82) is 0 Å². The van der Waals surface area contributed by atoms with E-state index in [9.17, 15) is 13.2 Å². The lowest BCUT2D eigenvalue weighted by molar-refractivity contribution is 0.0938. The van der Waals surface area contributed by atoms with Gasteiger partial charge in [0.1, 0.15) is 0 Å². The molecular formula is C15H20N2O3S. The first kappa shape index (κ1) is 14.4. The summed E-state index contributed by atoms with van der Waals surface area (Å²) in [5.41, 5.74) is 2.26. The van der Waals surface area contributed by atoms with Gasteiger partial charge in [0.25, 0.3) is 5.91 Å². The van der Waals surface area contributed by atoms with Gasteiger partial charge in [-0.1, -0.05) is 12.8 Å². The van der Waals surface area contributed by atoms with Gasteiger partial charge in [0.2, 0.25) is 10.0 Å². The normalized spacial score (nSPS) is 18.8. The Balaban J connectivity index is 1.79. The van der Waals surface area contributed by atoms with Gasteiger partial charge in [-0.25, -0.2) is 8.42 Å². The fourth-order valence-corrected chi connectivity index (χ4v) is 4.15. The van der Waals surface area contributed by atoms with Gasteiger partial charge in [-0.15, -0.1) is 0 Å². The number of carbonyl (C=O) groups excluding carboxylic acids is 1. The van der Waals surface area contributed by atoms with E-state index in [1.165, 1.54) is 23.4 Å². The molecule has 0 radical (unpaired) electrons. The summed E-state index contributed by atoms with van der Waals surface area (Å²) in [4.78, 5) is 12.2. The summed E-state index contributed by atoms with van der Waals surface area (Å²) >= 11 is 0. The Morgan fingerprint density at radius 1 is 1.29 bits per heavy atom. The highest BCUT2D eigenvalue weighted by Crippen LogP contribution is 2.30. The maximum Gasteiger partial charge on any atom is 0.251 e. The Morgan fingerprint density at radius 2 is 2.00 bits per heavy atom. The van der Waals surface area contributed by atoms with E-state index >= 15 is 0 Å². The summed E-state index contributed by atoms with van der Waals surface area (Å²) in [6, 6.07) is 5.57. The number of hydrogen-bond acceptors (Lipinski definition) is 3. The van der Waals surface area contributed by atoms with Crippen LogP contribution in [0, 0.1) is 0 Å². The molecule has 1 N–H and O–H groups in total. The molecule has 1 saturated carbocycles. The van der Waals surface area contributed by atoms with Gasteiger partial charge >= 0.3 is 0 Å². The highest BCUT2D eigenvalue weighted by molar-refractivity contribution is 7.92. The smallest absolute Gasteiger partial charge is 0.251 e. The number of hydrogen-bond donors (Lipinski definition) is 1. The van der Waals surface area contributed by atoms with Crippen LogP contribution in [0.3, 0.4) is 0 Å². The minimum atomic E-state index is -3.23. The lowest BCUT2D eigenvalue weighted by Gasteiger charge is -2.17. The van der Waals surface area contributed by atoms with Crippen molar-refractivity contribution >= 4 is 21.6 Å². The van der Waals surface area contributed by atoms with Gasteiger partial charge in [0.15, 0.2) is 0 Å². The van der Waals surface area contributed by atoms with Crippen LogP contribution >= 0.6 is 0 Å². The van der Waals surface area contributed by atoms with Crippen LogP contribution in [0.1, 0.15) is 41.6 Å². The van der Waals surface area contributed by atoms with E-state index < -0.39 is 10.0 Å². The van der Waals surface area contributed by atoms with Gasteiger partial charge < -0.3 is 5.32 Å². The maximum absolute atomic E-state index is 12.2. The molecule has 1 aliphatic heterocycles. The second-order valence-corrected chi connectivity index (χ2v) is 7.79. The molecule has 1 aliphatic carbocycles. The van der Waals surface area contributed by atoms with Crippen molar-refractivity contribution in [1.82, 2.24) is 5.32 Å². The Hall–Kier alpha value is -1.56. The van der Waals surface area contributed by atoms with E-state index in [2.05, 4.69) is 5.32 Å².